The van der Waals surface area contributed by atoms with Gasteiger partial charge in [0.05, 0.1) is 13.2 Å². The molecule has 1 fully saturated rings. The van der Waals surface area contributed by atoms with Crippen LogP contribution in [0.2, 0.25) is 0 Å². The lowest BCUT2D eigenvalue weighted by molar-refractivity contribution is -0.148. The van der Waals surface area contributed by atoms with Gasteiger partial charge in [-0.15, -0.1) is 0 Å². The highest BCUT2D eigenvalue weighted by molar-refractivity contribution is 5.76. The normalized spacial score (nSPS) is 24.8. The molecule has 0 amide bonds. The molecule has 0 unspecified atom stereocenters. The van der Waals surface area contributed by atoms with Crippen LogP contribution in [0.5, 0.6) is 0 Å². The number of carbonyl (C=O) groups is 1. The van der Waals surface area contributed by atoms with Gasteiger partial charge in [-0.05, 0) is 12.0 Å². The zero-order valence-electron chi connectivity index (χ0n) is 9.87. The number of ether oxygens (including phenoxy) is 1. The third kappa shape index (κ3) is 2.65. The van der Waals surface area contributed by atoms with E-state index in [0.29, 0.717) is 13.0 Å². The Morgan fingerprint density at radius 3 is 2.82 bits per heavy atom. The van der Waals surface area contributed by atoms with Crippen LogP contribution in [0.1, 0.15) is 12.0 Å². The zero-order valence-corrected chi connectivity index (χ0v) is 9.87. The number of carbonyl (C=O) groups excluding carboxylic acids is 1. The van der Waals surface area contributed by atoms with E-state index in [4.69, 9.17) is 4.74 Å². The zero-order chi connectivity index (χ0) is 12.3. The Kier molecular flexibility index (Phi) is 3.76. The molecule has 92 valence electrons. The number of rotatable bonds is 3. The molecule has 1 aromatic rings. The summed E-state index contributed by atoms with van der Waals surface area (Å²) >= 11 is 0. The molecule has 0 bridgehead atoms. The SMILES string of the molecule is COC(=O)[C@@H]1[C@@H](O)CCN1Cc1ccccc1. The van der Waals surface area contributed by atoms with E-state index in [1.165, 1.54) is 7.11 Å². The van der Waals surface area contributed by atoms with Crippen molar-refractivity contribution in [3.05, 3.63) is 35.9 Å². The van der Waals surface area contributed by atoms with Crippen LogP contribution in [0, 0.1) is 0 Å². The molecule has 1 saturated heterocycles. The molecule has 1 aromatic carbocycles. The van der Waals surface area contributed by atoms with Crippen molar-refractivity contribution in [3.63, 3.8) is 0 Å². The molecule has 2 rings (SSSR count). The molecule has 1 heterocycles. The van der Waals surface area contributed by atoms with Gasteiger partial charge in [0.15, 0.2) is 0 Å². The Labute approximate surface area is 101 Å². The lowest BCUT2D eigenvalue weighted by atomic mass is 10.1. The molecule has 1 aliphatic heterocycles. The van der Waals surface area contributed by atoms with Gasteiger partial charge in [-0.1, -0.05) is 30.3 Å². The van der Waals surface area contributed by atoms with Crippen LogP contribution in [-0.4, -0.2) is 41.8 Å². The van der Waals surface area contributed by atoms with Gasteiger partial charge in [0.2, 0.25) is 0 Å². The molecule has 1 aliphatic rings. The molecule has 0 aromatic heterocycles. The maximum atomic E-state index is 11.6. The molecule has 0 spiro atoms. The van der Waals surface area contributed by atoms with Gasteiger partial charge in [-0.25, -0.2) is 0 Å². The number of esters is 1. The van der Waals surface area contributed by atoms with Crippen molar-refractivity contribution >= 4 is 5.97 Å². The highest BCUT2D eigenvalue weighted by atomic mass is 16.5. The molecule has 2 atom stereocenters. The number of benzene rings is 1. The van der Waals surface area contributed by atoms with Crippen molar-refractivity contribution < 1.29 is 14.6 Å². The van der Waals surface area contributed by atoms with Gasteiger partial charge in [0.25, 0.3) is 0 Å². The van der Waals surface area contributed by atoms with Crippen molar-refractivity contribution in [2.75, 3.05) is 13.7 Å². The van der Waals surface area contributed by atoms with Crippen LogP contribution in [0.15, 0.2) is 30.3 Å². The average Bonchev–Trinajstić information content (AvgIpc) is 2.71. The van der Waals surface area contributed by atoms with E-state index in [9.17, 15) is 9.90 Å². The first kappa shape index (κ1) is 12.1. The van der Waals surface area contributed by atoms with E-state index < -0.39 is 12.1 Å². The second-order valence-electron chi connectivity index (χ2n) is 4.28. The Balaban J connectivity index is 2.07. The predicted molar refractivity (Wildman–Crippen MR) is 63.3 cm³/mol. The van der Waals surface area contributed by atoms with E-state index >= 15 is 0 Å². The Morgan fingerprint density at radius 1 is 1.47 bits per heavy atom. The standard InChI is InChI=1S/C13H17NO3/c1-17-13(16)12-11(15)7-8-14(12)9-10-5-3-2-4-6-10/h2-6,11-12,15H,7-9H2,1H3/t11-,12-/m0/s1. The minimum absolute atomic E-state index is 0.356. The smallest absolute Gasteiger partial charge is 0.325 e. The third-order valence-corrected chi connectivity index (χ3v) is 3.14. The van der Waals surface area contributed by atoms with Crippen LogP contribution in [0.4, 0.5) is 0 Å². The van der Waals surface area contributed by atoms with Crippen LogP contribution in [0.3, 0.4) is 0 Å². The Bertz CT molecular complexity index is 380. The lowest BCUT2D eigenvalue weighted by Crippen LogP contribution is -2.42. The predicted octanol–water partition coefficient (Wildman–Crippen LogP) is 0.795. The van der Waals surface area contributed by atoms with Crippen LogP contribution in [-0.2, 0) is 16.1 Å². The number of methoxy groups -OCH3 is 1. The highest BCUT2D eigenvalue weighted by Gasteiger charge is 2.38. The summed E-state index contributed by atoms with van der Waals surface area (Å²) in [5.41, 5.74) is 1.13. The minimum atomic E-state index is -0.619. The number of hydrogen-bond acceptors (Lipinski definition) is 4. The van der Waals surface area contributed by atoms with Gasteiger partial charge >= 0.3 is 5.97 Å². The monoisotopic (exact) mass is 235 g/mol. The second kappa shape index (κ2) is 5.29. The van der Waals surface area contributed by atoms with Crippen molar-refractivity contribution in [2.24, 2.45) is 0 Å². The van der Waals surface area contributed by atoms with Crippen LogP contribution < -0.4 is 0 Å². The van der Waals surface area contributed by atoms with E-state index in [1.807, 2.05) is 35.2 Å². The summed E-state index contributed by atoms with van der Waals surface area (Å²) in [5.74, 6) is -0.356. The van der Waals surface area contributed by atoms with E-state index in [2.05, 4.69) is 0 Å². The molecule has 1 N–H and O–H groups in total. The van der Waals surface area contributed by atoms with E-state index in [1.54, 1.807) is 0 Å². The number of likely N-dealkylation sites (tertiary alicyclic amines) is 1. The van der Waals surface area contributed by atoms with Gasteiger partial charge in [-0.2, -0.15) is 0 Å². The van der Waals surface area contributed by atoms with Crippen LogP contribution >= 0.6 is 0 Å². The van der Waals surface area contributed by atoms with Gasteiger partial charge in [0.1, 0.15) is 6.04 Å². The fourth-order valence-electron chi connectivity index (χ4n) is 2.26. The highest BCUT2D eigenvalue weighted by Crippen LogP contribution is 2.21. The number of aliphatic hydroxyl groups is 1. The van der Waals surface area contributed by atoms with Crippen molar-refractivity contribution in [1.82, 2.24) is 4.90 Å². The maximum Gasteiger partial charge on any atom is 0.325 e. The Morgan fingerprint density at radius 2 is 2.18 bits per heavy atom. The first-order valence-corrected chi connectivity index (χ1v) is 5.76. The summed E-state index contributed by atoms with van der Waals surface area (Å²) in [5, 5.41) is 9.80. The summed E-state index contributed by atoms with van der Waals surface area (Å²) in [6.45, 7) is 1.38. The lowest BCUT2D eigenvalue weighted by Gasteiger charge is -2.23. The second-order valence-corrected chi connectivity index (χ2v) is 4.28. The Hall–Kier alpha value is -1.39. The average molecular weight is 235 g/mol. The summed E-state index contributed by atoms with van der Waals surface area (Å²) in [6, 6.07) is 9.39. The van der Waals surface area contributed by atoms with Gasteiger partial charge in [-0.3, -0.25) is 9.69 Å². The fourth-order valence-corrected chi connectivity index (χ4v) is 2.26. The molecule has 4 heteroatoms. The van der Waals surface area contributed by atoms with E-state index in [-0.39, 0.29) is 5.97 Å². The number of aliphatic hydroxyl groups excluding tert-OH is 1. The quantitative estimate of drug-likeness (QED) is 0.787. The number of hydrogen-bond donors (Lipinski definition) is 1. The summed E-state index contributed by atoms with van der Waals surface area (Å²) in [4.78, 5) is 13.6. The first-order chi connectivity index (χ1) is 8.22. The molecule has 0 saturated carbocycles. The van der Waals surface area contributed by atoms with E-state index in [0.717, 1.165) is 12.1 Å². The number of nitrogens with zero attached hydrogens (tertiary/aromatic N) is 1. The topological polar surface area (TPSA) is 49.8 Å². The van der Waals surface area contributed by atoms with Crippen molar-refractivity contribution in [2.45, 2.75) is 25.1 Å². The molecular weight excluding hydrogens is 218 g/mol. The van der Waals surface area contributed by atoms with Gasteiger partial charge < -0.3 is 9.84 Å². The van der Waals surface area contributed by atoms with Crippen LogP contribution in [0.25, 0.3) is 0 Å². The summed E-state index contributed by atoms with van der Waals surface area (Å²) in [7, 11) is 1.36. The third-order valence-electron chi connectivity index (χ3n) is 3.14. The fraction of sp³-hybridized carbons (Fsp3) is 0.462. The first-order valence-electron chi connectivity index (χ1n) is 5.76. The molecule has 17 heavy (non-hydrogen) atoms. The maximum absolute atomic E-state index is 11.6. The molecular formula is C13H17NO3. The molecule has 4 nitrogen and oxygen atoms in total. The summed E-state index contributed by atoms with van der Waals surface area (Å²) in [6.07, 6.45) is -0.00164. The largest absolute Gasteiger partial charge is 0.468 e. The van der Waals surface area contributed by atoms with Gasteiger partial charge in [0, 0.05) is 13.1 Å². The van der Waals surface area contributed by atoms with Crippen molar-refractivity contribution in [3.8, 4) is 0 Å². The molecule has 0 aliphatic carbocycles. The van der Waals surface area contributed by atoms with Crippen molar-refractivity contribution in [1.29, 1.82) is 0 Å². The summed E-state index contributed by atoms with van der Waals surface area (Å²) < 4.78 is 4.73. The molecule has 0 radical (unpaired) electrons. The minimum Gasteiger partial charge on any atom is -0.468 e.